The normalized spacial score (nSPS) is 12.7. The van der Waals surface area contributed by atoms with Gasteiger partial charge in [0.25, 0.3) is 15.2 Å². The first-order chi connectivity index (χ1) is 9.51. The highest BCUT2D eigenvalue weighted by molar-refractivity contribution is 14.1. The van der Waals surface area contributed by atoms with E-state index in [1.54, 1.807) is 12.1 Å². The molecule has 2 N–H and O–H groups in total. The van der Waals surface area contributed by atoms with Gasteiger partial charge in [-0.05, 0) is 61.6 Å². The molecule has 6 nitrogen and oxygen atoms in total. The Balaban J connectivity index is 2.83. The van der Waals surface area contributed by atoms with Crippen LogP contribution in [0.2, 0.25) is 5.02 Å². The van der Waals surface area contributed by atoms with Gasteiger partial charge in [-0.3, -0.25) is 4.57 Å². The van der Waals surface area contributed by atoms with Crippen LogP contribution in [0.1, 0.15) is 20.8 Å². The van der Waals surface area contributed by atoms with Crippen molar-refractivity contribution in [1.82, 2.24) is 14.8 Å². The molecule has 2 rings (SSSR count). The van der Waals surface area contributed by atoms with Gasteiger partial charge in [0.2, 0.25) is 0 Å². The second-order valence-electron chi connectivity index (χ2n) is 5.48. The van der Waals surface area contributed by atoms with Gasteiger partial charge in [-0.15, -0.1) is 10.2 Å². The van der Waals surface area contributed by atoms with Gasteiger partial charge >= 0.3 is 0 Å². The molecule has 1 heterocycles. The summed E-state index contributed by atoms with van der Waals surface area (Å²) in [4.78, 5) is 0. The molecule has 0 spiro atoms. The van der Waals surface area contributed by atoms with Crippen molar-refractivity contribution >= 4 is 44.2 Å². The van der Waals surface area contributed by atoms with Crippen LogP contribution in [0.5, 0.6) is 0 Å². The Bertz CT molecular complexity index is 796. The number of hydrogen-bond acceptors (Lipinski definition) is 4. The van der Waals surface area contributed by atoms with Gasteiger partial charge in [0.15, 0.2) is 5.82 Å². The topological polar surface area (TPSA) is 90.9 Å². The van der Waals surface area contributed by atoms with Crippen LogP contribution < -0.4 is 5.14 Å². The predicted octanol–water partition coefficient (Wildman–Crippen LogP) is 2.61. The van der Waals surface area contributed by atoms with Crippen LogP contribution in [0.25, 0.3) is 11.4 Å². The van der Waals surface area contributed by atoms with Crippen molar-refractivity contribution in [3.8, 4) is 11.4 Å². The lowest BCUT2D eigenvalue weighted by Gasteiger charge is -2.24. The van der Waals surface area contributed by atoms with Crippen molar-refractivity contribution in [3.05, 3.63) is 26.8 Å². The summed E-state index contributed by atoms with van der Waals surface area (Å²) in [6, 6.07) is 5.31. The number of benzene rings is 1. The summed E-state index contributed by atoms with van der Waals surface area (Å²) in [6.45, 7) is 5.56. The molecular formula is C12H14ClIN4O2S. The summed E-state index contributed by atoms with van der Waals surface area (Å²) in [6.07, 6.45) is 0. The van der Waals surface area contributed by atoms with E-state index in [4.69, 9.17) is 16.7 Å². The SMILES string of the molecule is CC(C)(C)n1c(-c2cc(Cl)ccc2I)nnc1S(N)(=O)=O. The Morgan fingerprint density at radius 3 is 2.43 bits per heavy atom. The van der Waals surface area contributed by atoms with E-state index in [0.717, 1.165) is 3.57 Å². The first-order valence-electron chi connectivity index (χ1n) is 5.96. The van der Waals surface area contributed by atoms with Gasteiger partial charge in [0.05, 0.1) is 0 Å². The zero-order valence-corrected chi connectivity index (χ0v) is 15.4. The zero-order valence-electron chi connectivity index (χ0n) is 11.6. The first kappa shape index (κ1) is 16.7. The second-order valence-corrected chi connectivity index (χ2v) is 8.54. The lowest BCUT2D eigenvalue weighted by Crippen LogP contribution is -2.29. The highest BCUT2D eigenvalue weighted by Gasteiger charge is 2.30. The van der Waals surface area contributed by atoms with Gasteiger partial charge in [0.1, 0.15) is 0 Å². The first-order valence-corrected chi connectivity index (χ1v) is 8.96. The lowest BCUT2D eigenvalue weighted by atomic mass is 10.1. The molecule has 0 bridgehead atoms. The summed E-state index contributed by atoms with van der Waals surface area (Å²) < 4.78 is 25.8. The molecule has 0 aliphatic rings. The molecule has 0 aliphatic heterocycles. The smallest absolute Gasteiger partial charge is 0.273 e. The summed E-state index contributed by atoms with van der Waals surface area (Å²) in [5.74, 6) is 0.415. The molecule has 2 aromatic rings. The van der Waals surface area contributed by atoms with Crippen LogP contribution in [-0.4, -0.2) is 23.2 Å². The zero-order chi connectivity index (χ0) is 16.0. The van der Waals surface area contributed by atoms with Gasteiger partial charge in [0, 0.05) is 19.7 Å². The van der Waals surface area contributed by atoms with Crippen LogP contribution in [-0.2, 0) is 15.6 Å². The molecule has 114 valence electrons. The Morgan fingerprint density at radius 2 is 1.90 bits per heavy atom. The minimum atomic E-state index is -3.97. The molecule has 0 aliphatic carbocycles. The number of nitrogens with two attached hydrogens (primary N) is 1. The van der Waals surface area contributed by atoms with Crippen molar-refractivity contribution < 1.29 is 8.42 Å². The van der Waals surface area contributed by atoms with Crippen LogP contribution in [0.15, 0.2) is 23.4 Å². The third-order valence-electron chi connectivity index (χ3n) is 2.73. The number of hydrogen-bond donors (Lipinski definition) is 1. The highest BCUT2D eigenvalue weighted by Crippen LogP contribution is 2.32. The molecule has 0 unspecified atom stereocenters. The monoisotopic (exact) mass is 440 g/mol. The number of rotatable bonds is 2. The maximum absolute atomic E-state index is 11.7. The number of halogens is 2. The van der Waals surface area contributed by atoms with Gasteiger partial charge in [-0.2, -0.15) is 0 Å². The fraction of sp³-hybridized carbons (Fsp3) is 0.333. The van der Waals surface area contributed by atoms with Gasteiger partial charge < -0.3 is 0 Å². The lowest BCUT2D eigenvalue weighted by molar-refractivity contribution is 0.366. The molecule has 0 fully saturated rings. The molecule has 21 heavy (non-hydrogen) atoms. The minimum absolute atomic E-state index is 0.263. The summed E-state index contributed by atoms with van der Waals surface area (Å²) >= 11 is 8.16. The number of nitrogens with zero attached hydrogens (tertiary/aromatic N) is 3. The molecule has 9 heteroatoms. The molecular weight excluding hydrogens is 427 g/mol. The van der Waals surface area contributed by atoms with E-state index in [9.17, 15) is 8.42 Å². The Hall–Kier alpha value is -0.710. The Labute approximate surface area is 141 Å². The third kappa shape index (κ3) is 3.38. The van der Waals surface area contributed by atoms with E-state index in [1.807, 2.05) is 26.8 Å². The van der Waals surface area contributed by atoms with Crippen LogP contribution in [0, 0.1) is 3.57 Å². The standard InChI is InChI=1S/C12H14ClIN4O2S/c1-12(2,3)18-10(16-17-11(18)21(15,19)20)8-6-7(13)4-5-9(8)14/h4-6H,1-3H3,(H2,15,19,20). The van der Waals surface area contributed by atoms with Crippen molar-refractivity contribution in [2.24, 2.45) is 5.14 Å². The largest absolute Gasteiger partial charge is 0.291 e. The average Bonchev–Trinajstić information content (AvgIpc) is 2.76. The Morgan fingerprint density at radius 1 is 1.29 bits per heavy atom. The number of aromatic nitrogens is 3. The molecule has 1 aromatic heterocycles. The average molecular weight is 441 g/mol. The number of primary sulfonamides is 1. The number of sulfonamides is 1. The maximum Gasteiger partial charge on any atom is 0.273 e. The Kier molecular flexibility index (Phi) is 4.35. The van der Waals surface area contributed by atoms with E-state index < -0.39 is 15.6 Å². The highest BCUT2D eigenvalue weighted by atomic mass is 127. The molecule has 0 saturated heterocycles. The quantitative estimate of drug-likeness (QED) is 0.727. The maximum atomic E-state index is 11.7. The van der Waals surface area contributed by atoms with Gasteiger partial charge in [-0.25, -0.2) is 13.6 Å². The molecule has 0 saturated carbocycles. The molecule has 0 amide bonds. The van der Waals surface area contributed by atoms with Crippen LogP contribution >= 0.6 is 34.2 Å². The molecule has 0 atom stereocenters. The summed E-state index contributed by atoms with van der Waals surface area (Å²) in [5.41, 5.74) is 0.145. The minimum Gasteiger partial charge on any atom is -0.291 e. The van der Waals surface area contributed by atoms with E-state index in [0.29, 0.717) is 16.4 Å². The second kappa shape index (κ2) is 5.49. The van der Waals surface area contributed by atoms with Crippen molar-refractivity contribution in [3.63, 3.8) is 0 Å². The molecule has 1 aromatic carbocycles. The van der Waals surface area contributed by atoms with E-state index in [-0.39, 0.29) is 5.16 Å². The van der Waals surface area contributed by atoms with Gasteiger partial charge in [-0.1, -0.05) is 11.6 Å². The summed E-state index contributed by atoms with van der Waals surface area (Å²) in [5, 5.41) is 13.3. The van der Waals surface area contributed by atoms with Crippen molar-refractivity contribution in [1.29, 1.82) is 0 Å². The molecule has 0 radical (unpaired) electrons. The van der Waals surface area contributed by atoms with E-state index in [2.05, 4.69) is 32.8 Å². The summed E-state index contributed by atoms with van der Waals surface area (Å²) in [7, 11) is -3.97. The fourth-order valence-corrected chi connectivity index (χ4v) is 3.42. The third-order valence-corrected chi connectivity index (χ3v) is 4.68. The fourth-order valence-electron chi connectivity index (χ4n) is 1.90. The van der Waals surface area contributed by atoms with Crippen LogP contribution in [0.3, 0.4) is 0 Å². The van der Waals surface area contributed by atoms with E-state index in [1.165, 1.54) is 4.57 Å². The van der Waals surface area contributed by atoms with Crippen molar-refractivity contribution in [2.75, 3.05) is 0 Å². The van der Waals surface area contributed by atoms with Crippen LogP contribution in [0.4, 0.5) is 0 Å². The van der Waals surface area contributed by atoms with Crippen molar-refractivity contribution in [2.45, 2.75) is 31.5 Å². The predicted molar refractivity (Wildman–Crippen MR) is 89.6 cm³/mol. The van der Waals surface area contributed by atoms with E-state index >= 15 is 0 Å².